The summed E-state index contributed by atoms with van der Waals surface area (Å²) in [6, 6.07) is 0. The average molecular weight is 399 g/mol. The van der Waals surface area contributed by atoms with Gasteiger partial charge in [0.15, 0.2) is 0 Å². The smallest absolute Gasteiger partial charge is 0.0471 e. The van der Waals surface area contributed by atoms with Gasteiger partial charge in [0.25, 0.3) is 0 Å². The first-order valence-electron chi connectivity index (χ1n) is 12.9. The lowest BCUT2D eigenvalue weighted by Crippen LogP contribution is -2.23. The lowest BCUT2D eigenvalue weighted by Gasteiger charge is -2.31. The van der Waals surface area contributed by atoms with Gasteiger partial charge >= 0.3 is 0 Å². The van der Waals surface area contributed by atoms with Crippen molar-refractivity contribution >= 4 is 0 Å². The van der Waals surface area contributed by atoms with Crippen LogP contribution in [0.3, 0.4) is 0 Å². The van der Waals surface area contributed by atoms with Gasteiger partial charge < -0.3 is 9.47 Å². The van der Waals surface area contributed by atoms with Crippen molar-refractivity contribution in [3.05, 3.63) is 0 Å². The molecule has 2 nitrogen and oxygen atoms in total. The van der Waals surface area contributed by atoms with Crippen LogP contribution in [-0.4, -0.2) is 26.4 Å². The lowest BCUT2D eigenvalue weighted by atomic mass is 9.77. The first kappa shape index (κ1) is 27.9. The Morgan fingerprint density at radius 3 is 1.14 bits per heavy atom. The molecule has 0 bridgehead atoms. The molecule has 0 N–H and O–H groups in total. The second-order valence-electron chi connectivity index (χ2n) is 8.82. The molecule has 0 aliphatic carbocycles. The fourth-order valence-electron chi connectivity index (χ4n) is 4.01. The van der Waals surface area contributed by atoms with Crippen LogP contribution in [0.5, 0.6) is 0 Å². The van der Waals surface area contributed by atoms with Crippen LogP contribution in [0.15, 0.2) is 0 Å². The predicted octanol–water partition coefficient (Wildman–Crippen LogP) is 8.72. The minimum atomic E-state index is 0.418. The Labute approximate surface area is 178 Å². The Kier molecular flexibility index (Phi) is 21.6. The zero-order chi connectivity index (χ0) is 20.8. The van der Waals surface area contributed by atoms with E-state index in [1.165, 1.54) is 109 Å². The average Bonchev–Trinajstić information content (AvgIpc) is 2.72. The third kappa shape index (κ3) is 16.8. The molecule has 0 spiro atoms. The van der Waals surface area contributed by atoms with E-state index in [0.717, 1.165) is 26.4 Å². The maximum atomic E-state index is 5.97. The van der Waals surface area contributed by atoms with Crippen molar-refractivity contribution < 1.29 is 9.47 Å². The van der Waals surface area contributed by atoms with Crippen LogP contribution in [0.1, 0.15) is 137 Å². The van der Waals surface area contributed by atoms with Crippen LogP contribution in [0.2, 0.25) is 0 Å². The van der Waals surface area contributed by atoms with Gasteiger partial charge in [-0.15, -0.1) is 0 Å². The van der Waals surface area contributed by atoms with Gasteiger partial charge in [0.2, 0.25) is 0 Å². The molecule has 170 valence electrons. The highest BCUT2D eigenvalue weighted by atomic mass is 16.5. The Hall–Kier alpha value is -0.0800. The van der Waals surface area contributed by atoms with Crippen molar-refractivity contribution in [2.75, 3.05) is 26.4 Å². The molecule has 0 saturated carbocycles. The summed E-state index contributed by atoms with van der Waals surface area (Å²) in [4.78, 5) is 0. The summed E-state index contributed by atoms with van der Waals surface area (Å²) < 4.78 is 11.9. The molecule has 0 aromatic carbocycles. The summed E-state index contributed by atoms with van der Waals surface area (Å²) in [5.41, 5.74) is 0.418. The van der Waals surface area contributed by atoms with Crippen molar-refractivity contribution in [3.63, 3.8) is 0 Å². The summed E-state index contributed by atoms with van der Waals surface area (Å²) in [7, 11) is 0. The van der Waals surface area contributed by atoms with Crippen molar-refractivity contribution in [2.45, 2.75) is 137 Å². The highest BCUT2D eigenvalue weighted by molar-refractivity contribution is 4.76. The summed E-state index contributed by atoms with van der Waals surface area (Å²) in [5, 5.41) is 0. The fraction of sp³-hybridized carbons (Fsp3) is 1.00. The van der Waals surface area contributed by atoms with E-state index in [1.807, 2.05) is 0 Å². The molecule has 0 unspecified atom stereocenters. The molecule has 0 amide bonds. The topological polar surface area (TPSA) is 18.5 Å². The van der Waals surface area contributed by atoms with Gasteiger partial charge in [-0.1, -0.05) is 111 Å². The summed E-state index contributed by atoms with van der Waals surface area (Å²) in [6.45, 7) is 13.0. The molecule has 0 saturated heterocycles. The molecule has 0 fully saturated rings. The van der Waals surface area contributed by atoms with Crippen LogP contribution >= 0.6 is 0 Å². The minimum absolute atomic E-state index is 0.418. The predicted molar refractivity (Wildman–Crippen MR) is 125 cm³/mol. The van der Waals surface area contributed by atoms with E-state index < -0.39 is 0 Å². The number of rotatable bonds is 23. The van der Waals surface area contributed by atoms with Gasteiger partial charge in [-0.05, 0) is 31.1 Å². The first-order chi connectivity index (χ1) is 13.7. The maximum absolute atomic E-state index is 5.97. The maximum Gasteiger partial charge on any atom is 0.0471 e. The van der Waals surface area contributed by atoms with Crippen molar-refractivity contribution in [2.24, 2.45) is 5.41 Å². The van der Waals surface area contributed by atoms with Crippen LogP contribution in [0, 0.1) is 5.41 Å². The third-order valence-corrected chi connectivity index (χ3v) is 6.59. The highest BCUT2D eigenvalue weighted by Gasteiger charge is 2.25. The van der Waals surface area contributed by atoms with Gasteiger partial charge in [-0.2, -0.15) is 0 Å². The molecule has 0 rings (SSSR count). The van der Waals surface area contributed by atoms with Crippen molar-refractivity contribution in [1.82, 2.24) is 0 Å². The van der Waals surface area contributed by atoms with Crippen LogP contribution in [0.25, 0.3) is 0 Å². The van der Waals surface area contributed by atoms with Gasteiger partial charge in [0, 0.05) is 26.4 Å². The van der Waals surface area contributed by atoms with Crippen molar-refractivity contribution in [1.29, 1.82) is 0 Å². The molecule has 0 aliphatic rings. The largest absolute Gasteiger partial charge is 0.381 e. The standard InChI is InChI=1S/C26H54O2/c1-5-9-11-13-15-17-19-23-28-25-21-26(7-3,8-4)20-24-27-22-18-16-14-12-10-6-2/h5-25H2,1-4H3. The zero-order valence-electron chi connectivity index (χ0n) is 20.2. The van der Waals surface area contributed by atoms with Crippen LogP contribution in [0.4, 0.5) is 0 Å². The Morgan fingerprint density at radius 1 is 0.429 bits per heavy atom. The Balaban J connectivity index is 3.65. The van der Waals surface area contributed by atoms with E-state index >= 15 is 0 Å². The minimum Gasteiger partial charge on any atom is -0.381 e. The molecule has 0 heterocycles. The number of hydrogen-bond donors (Lipinski definition) is 0. The SMILES string of the molecule is CCCCCCCCCOCCC(CC)(CC)CCOCCCCCCCC. The number of ether oxygens (including phenoxy) is 2. The van der Waals surface area contributed by atoms with E-state index in [-0.39, 0.29) is 0 Å². The summed E-state index contributed by atoms with van der Waals surface area (Å²) in [6.07, 6.45) is 22.4. The molecular weight excluding hydrogens is 344 g/mol. The second-order valence-corrected chi connectivity index (χ2v) is 8.82. The summed E-state index contributed by atoms with van der Waals surface area (Å²) >= 11 is 0. The van der Waals surface area contributed by atoms with Gasteiger partial charge in [-0.25, -0.2) is 0 Å². The van der Waals surface area contributed by atoms with Gasteiger partial charge in [-0.3, -0.25) is 0 Å². The van der Waals surface area contributed by atoms with E-state index in [1.54, 1.807) is 0 Å². The highest BCUT2D eigenvalue weighted by Crippen LogP contribution is 2.34. The van der Waals surface area contributed by atoms with Crippen LogP contribution < -0.4 is 0 Å². The van der Waals surface area contributed by atoms with E-state index in [4.69, 9.17) is 9.47 Å². The van der Waals surface area contributed by atoms with Gasteiger partial charge in [0.05, 0.1) is 0 Å². The molecular formula is C26H54O2. The van der Waals surface area contributed by atoms with Crippen LogP contribution in [-0.2, 0) is 9.47 Å². The number of unbranched alkanes of at least 4 members (excludes halogenated alkanes) is 11. The lowest BCUT2D eigenvalue weighted by molar-refractivity contribution is 0.0512. The summed E-state index contributed by atoms with van der Waals surface area (Å²) in [5.74, 6) is 0. The molecule has 0 aliphatic heterocycles. The number of hydrogen-bond acceptors (Lipinski definition) is 2. The van der Waals surface area contributed by atoms with E-state index in [9.17, 15) is 0 Å². The third-order valence-electron chi connectivity index (χ3n) is 6.59. The molecule has 0 atom stereocenters. The molecule has 2 heteroatoms. The van der Waals surface area contributed by atoms with E-state index in [2.05, 4.69) is 27.7 Å². The Morgan fingerprint density at radius 2 is 0.786 bits per heavy atom. The normalized spacial score (nSPS) is 12.0. The second kappa shape index (κ2) is 21.6. The molecule has 0 aromatic rings. The fourth-order valence-corrected chi connectivity index (χ4v) is 4.01. The molecule has 28 heavy (non-hydrogen) atoms. The Bertz CT molecular complexity index is 286. The van der Waals surface area contributed by atoms with E-state index in [0.29, 0.717) is 5.41 Å². The molecule has 0 aromatic heterocycles. The van der Waals surface area contributed by atoms with Gasteiger partial charge in [0.1, 0.15) is 0 Å². The molecule has 0 radical (unpaired) electrons. The first-order valence-corrected chi connectivity index (χ1v) is 12.9. The monoisotopic (exact) mass is 398 g/mol. The zero-order valence-corrected chi connectivity index (χ0v) is 20.2. The quantitative estimate of drug-likeness (QED) is 0.160. The van der Waals surface area contributed by atoms with Crippen molar-refractivity contribution in [3.8, 4) is 0 Å².